The van der Waals surface area contributed by atoms with Crippen LogP contribution in [0.1, 0.15) is 6.92 Å². The lowest BCUT2D eigenvalue weighted by Gasteiger charge is -2.14. The molecule has 0 saturated heterocycles. The van der Waals surface area contributed by atoms with Crippen LogP contribution in [0, 0.1) is 0 Å². The van der Waals surface area contributed by atoms with Crippen molar-refractivity contribution >= 4 is 32.8 Å². The fourth-order valence-corrected chi connectivity index (χ4v) is 3.70. The van der Waals surface area contributed by atoms with Crippen molar-refractivity contribution in [2.45, 2.75) is 6.92 Å². The van der Waals surface area contributed by atoms with E-state index >= 15 is 0 Å². The number of ether oxygens (including phenoxy) is 2. The molecular formula is C25H20BrNO3. The minimum Gasteiger partial charge on any atom is -0.481 e. The third kappa shape index (κ3) is 4.36. The van der Waals surface area contributed by atoms with Crippen molar-refractivity contribution in [2.24, 2.45) is 0 Å². The summed E-state index contributed by atoms with van der Waals surface area (Å²) in [5.41, 5.74) is 4.67. The fraction of sp³-hybridized carbons (Fsp3) is 0.120. The van der Waals surface area contributed by atoms with Crippen LogP contribution in [0.3, 0.4) is 0 Å². The zero-order valence-corrected chi connectivity index (χ0v) is 18.1. The maximum absolute atomic E-state index is 11.7. The molecule has 4 aromatic rings. The van der Waals surface area contributed by atoms with Crippen LogP contribution in [-0.2, 0) is 9.53 Å². The van der Waals surface area contributed by atoms with E-state index in [-0.39, 0.29) is 6.61 Å². The molecule has 0 N–H and O–H groups in total. The van der Waals surface area contributed by atoms with E-state index in [2.05, 4.69) is 40.2 Å². The number of aromatic nitrogens is 1. The lowest BCUT2D eigenvalue weighted by molar-refractivity contribution is -0.145. The van der Waals surface area contributed by atoms with Gasteiger partial charge in [-0.1, -0.05) is 58.4 Å². The lowest BCUT2D eigenvalue weighted by atomic mass is 9.98. The molecule has 0 amide bonds. The van der Waals surface area contributed by atoms with E-state index in [1.807, 2.05) is 54.6 Å². The molecular weight excluding hydrogens is 442 g/mol. The van der Waals surface area contributed by atoms with E-state index in [0.717, 1.165) is 37.8 Å². The van der Waals surface area contributed by atoms with Crippen molar-refractivity contribution < 1.29 is 14.3 Å². The van der Waals surface area contributed by atoms with Gasteiger partial charge in [0, 0.05) is 15.4 Å². The minimum atomic E-state index is -0.395. The molecule has 0 spiro atoms. The second-order valence-electron chi connectivity index (χ2n) is 6.67. The number of carbonyl (C=O) groups is 1. The zero-order chi connectivity index (χ0) is 20.9. The van der Waals surface area contributed by atoms with E-state index in [1.54, 1.807) is 6.92 Å². The molecule has 0 unspecified atom stereocenters. The standard InChI is InChI=1S/C25H20BrNO3/c1-2-29-25(28)16-30-24-11-7-6-10-19(24)23-15-20(17-8-4-3-5-9-17)21-14-18(26)12-13-22(21)27-23/h3-15H,2,16H2,1H3. The summed E-state index contributed by atoms with van der Waals surface area (Å²) in [4.78, 5) is 16.6. The van der Waals surface area contributed by atoms with Gasteiger partial charge in [0.25, 0.3) is 0 Å². The number of nitrogens with zero attached hydrogens (tertiary/aromatic N) is 1. The predicted octanol–water partition coefficient (Wildman–Crippen LogP) is 6.27. The van der Waals surface area contributed by atoms with Crippen LogP contribution in [0.15, 0.2) is 83.3 Å². The van der Waals surface area contributed by atoms with Crippen LogP contribution < -0.4 is 4.74 Å². The van der Waals surface area contributed by atoms with Gasteiger partial charge in [-0.05, 0) is 54.4 Å². The number of hydrogen-bond donors (Lipinski definition) is 0. The Labute approximate surface area is 183 Å². The Bertz CT molecular complexity index is 1190. The van der Waals surface area contributed by atoms with Gasteiger partial charge < -0.3 is 9.47 Å². The summed E-state index contributed by atoms with van der Waals surface area (Å²) >= 11 is 3.57. The van der Waals surface area contributed by atoms with E-state index in [1.165, 1.54) is 0 Å². The van der Waals surface area contributed by atoms with Crippen molar-refractivity contribution in [3.63, 3.8) is 0 Å². The predicted molar refractivity (Wildman–Crippen MR) is 122 cm³/mol. The minimum absolute atomic E-state index is 0.142. The van der Waals surface area contributed by atoms with E-state index in [4.69, 9.17) is 14.5 Å². The van der Waals surface area contributed by atoms with Crippen molar-refractivity contribution in [2.75, 3.05) is 13.2 Å². The third-order valence-corrected chi connectivity index (χ3v) is 5.16. The quantitative estimate of drug-likeness (QED) is 0.317. The molecule has 0 saturated carbocycles. The molecule has 1 aromatic heterocycles. The summed E-state index contributed by atoms with van der Waals surface area (Å²) in [5, 5.41) is 1.06. The van der Waals surface area contributed by atoms with Gasteiger partial charge in [-0.25, -0.2) is 9.78 Å². The summed E-state index contributed by atoms with van der Waals surface area (Å²) in [7, 11) is 0. The molecule has 0 radical (unpaired) electrons. The molecule has 0 aliphatic rings. The van der Waals surface area contributed by atoms with Gasteiger partial charge in [0.1, 0.15) is 5.75 Å². The van der Waals surface area contributed by atoms with Crippen LogP contribution in [0.25, 0.3) is 33.3 Å². The Balaban J connectivity index is 1.83. The SMILES string of the molecule is CCOC(=O)COc1ccccc1-c1cc(-c2ccccc2)c2cc(Br)ccc2n1. The van der Waals surface area contributed by atoms with Gasteiger partial charge in [-0.3, -0.25) is 0 Å². The molecule has 3 aromatic carbocycles. The first-order valence-corrected chi connectivity index (χ1v) is 10.5. The zero-order valence-electron chi connectivity index (χ0n) is 16.5. The number of fused-ring (bicyclic) bond motifs is 1. The summed E-state index contributed by atoms with van der Waals surface area (Å²) in [6, 6.07) is 25.9. The molecule has 4 rings (SSSR count). The maximum Gasteiger partial charge on any atom is 0.344 e. The van der Waals surface area contributed by atoms with Gasteiger partial charge in [0.05, 0.1) is 17.8 Å². The maximum atomic E-state index is 11.7. The number of para-hydroxylation sites is 1. The first-order chi connectivity index (χ1) is 14.7. The summed E-state index contributed by atoms with van der Waals surface area (Å²) in [5.74, 6) is 0.196. The second-order valence-corrected chi connectivity index (χ2v) is 7.59. The first-order valence-electron chi connectivity index (χ1n) is 9.69. The van der Waals surface area contributed by atoms with E-state index < -0.39 is 5.97 Å². The highest BCUT2D eigenvalue weighted by molar-refractivity contribution is 9.10. The number of halogens is 1. The van der Waals surface area contributed by atoms with Gasteiger partial charge in [-0.2, -0.15) is 0 Å². The molecule has 0 aliphatic carbocycles. The molecule has 0 bridgehead atoms. The third-order valence-electron chi connectivity index (χ3n) is 4.67. The van der Waals surface area contributed by atoms with Crippen LogP contribution in [0.2, 0.25) is 0 Å². The average molecular weight is 462 g/mol. The Morgan fingerprint density at radius 2 is 1.70 bits per heavy atom. The van der Waals surface area contributed by atoms with Gasteiger partial charge in [0.2, 0.25) is 0 Å². The lowest BCUT2D eigenvalue weighted by Crippen LogP contribution is -2.14. The normalized spacial score (nSPS) is 10.7. The van der Waals surface area contributed by atoms with Gasteiger partial charge >= 0.3 is 5.97 Å². The second kappa shape index (κ2) is 9.09. The van der Waals surface area contributed by atoms with Crippen LogP contribution >= 0.6 is 15.9 Å². The highest BCUT2D eigenvalue weighted by Crippen LogP contribution is 2.36. The van der Waals surface area contributed by atoms with Gasteiger partial charge in [0.15, 0.2) is 6.61 Å². The number of benzene rings is 3. The molecule has 0 fully saturated rings. The fourth-order valence-electron chi connectivity index (χ4n) is 3.34. The molecule has 5 heteroatoms. The van der Waals surface area contributed by atoms with E-state index in [0.29, 0.717) is 12.4 Å². The smallest absolute Gasteiger partial charge is 0.344 e. The number of carbonyl (C=O) groups excluding carboxylic acids is 1. The molecule has 1 heterocycles. The number of esters is 1. The van der Waals surface area contributed by atoms with Crippen LogP contribution in [0.5, 0.6) is 5.75 Å². The number of pyridine rings is 1. The first kappa shape index (κ1) is 20.1. The number of hydrogen-bond acceptors (Lipinski definition) is 4. The Kier molecular flexibility index (Phi) is 6.10. The van der Waals surface area contributed by atoms with E-state index in [9.17, 15) is 4.79 Å². The molecule has 0 aliphatic heterocycles. The van der Waals surface area contributed by atoms with Crippen molar-refractivity contribution in [3.8, 4) is 28.1 Å². The van der Waals surface area contributed by atoms with Crippen LogP contribution in [0.4, 0.5) is 0 Å². The monoisotopic (exact) mass is 461 g/mol. The Morgan fingerprint density at radius 3 is 2.50 bits per heavy atom. The molecule has 4 nitrogen and oxygen atoms in total. The molecule has 150 valence electrons. The molecule has 0 atom stereocenters. The average Bonchev–Trinajstić information content (AvgIpc) is 2.78. The molecule has 30 heavy (non-hydrogen) atoms. The van der Waals surface area contributed by atoms with Crippen molar-refractivity contribution in [3.05, 3.63) is 83.3 Å². The summed E-state index contributed by atoms with van der Waals surface area (Å²) in [6.07, 6.45) is 0. The largest absolute Gasteiger partial charge is 0.481 e. The number of rotatable bonds is 6. The van der Waals surface area contributed by atoms with Crippen LogP contribution in [-0.4, -0.2) is 24.2 Å². The van der Waals surface area contributed by atoms with Crippen molar-refractivity contribution in [1.82, 2.24) is 4.98 Å². The van der Waals surface area contributed by atoms with Gasteiger partial charge in [-0.15, -0.1) is 0 Å². The summed E-state index contributed by atoms with van der Waals surface area (Å²) in [6.45, 7) is 1.96. The highest BCUT2D eigenvalue weighted by atomic mass is 79.9. The topological polar surface area (TPSA) is 48.4 Å². The Hall–Kier alpha value is -3.18. The Morgan fingerprint density at radius 1 is 0.933 bits per heavy atom. The summed E-state index contributed by atoms with van der Waals surface area (Å²) < 4.78 is 11.7. The highest BCUT2D eigenvalue weighted by Gasteiger charge is 2.14. The van der Waals surface area contributed by atoms with Crippen molar-refractivity contribution in [1.29, 1.82) is 0 Å².